The Labute approximate surface area is 114 Å². The van der Waals surface area contributed by atoms with Gasteiger partial charge in [-0.1, -0.05) is 29.1 Å². The second-order valence-corrected chi connectivity index (χ2v) is 5.93. The molecular formula is C13H15N3O2S. The van der Waals surface area contributed by atoms with E-state index in [1.165, 1.54) is 0 Å². The lowest BCUT2D eigenvalue weighted by Gasteiger charge is -2.11. The SMILES string of the molecule is NC(CC1(CSc2nc3ccccc3o2)CC1)=NO. The molecule has 0 unspecified atom stereocenters. The minimum absolute atomic E-state index is 0.154. The number of oxazole rings is 1. The molecule has 5 nitrogen and oxygen atoms in total. The number of benzene rings is 1. The number of amidine groups is 1. The molecule has 0 aliphatic heterocycles. The van der Waals surface area contributed by atoms with E-state index in [0.29, 0.717) is 17.5 Å². The van der Waals surface area contributed by atoms with Crippen LogP contribution in [0.15, 0.2) is 39.1 Å². The van der Waals surface area contributed by atoms with Gasteiger partial charge in [-0.3, -0.25) is 0 Å². The molecule has 19 heavy (non-hydrogen) atoms. The van der Waals surface area contributed by atoms with E-state index in [-0.39, 0.29) is 5.41 Å². The fourth-order valence-electron chi connectivity index (χ4n) is 2.10. The lowest BCUT2D eigenvalue weighted by atomic mass is 10.1. The number of thioether (sulfide) groups is 1. The first kappa shape index (κ1) is 12.3. The Morgan fingerprint density at radius 3 is 2.95 bits per heavy atom. The van der Waals surface area contributed by atoms with Gasteiger partial charge in [0.1, 0.15) is 11.4 Å². The summed E-state index contributed by atoms with van der Waals surface area (Å²) in [6, 6.07) is 7.73. The molecule has 0 bridgehead atoms. The summed E-state index contributed by atoms with van der Waals surface area (Å²) in [5.41, 5.74) is 7.43. The van der Waals surface area contributed by atoms with Crippen molar-refractivity contribution in [2.75, 3.05) is 5.75 Å². The van der Waals surface area contributed by atoms with Crippen molar-refractivity contribution in [3.63, 3.8) is 0 Å². The second kappa shape index (κ2) is 4.77. The molecule has 1 aliphatic carbocycles. The number of oxime groups is 1. The quantitative estimate of drug-likeness (QED) is 0.288. The summed E-state index contributed by atoms with van der Waals surface area (Å²) in [7, 11) is 0. The van der Waals surface area contributed by atoms with Crippen molar-refractivity contribution < 1.29 is 9.62 Å². The van der Waals surface area contributed by atoms with E-state index in [1.807, 2.05) is 24.3 Å². The van der Waals surface area contributed by atoms with Crippen LogP contribution in [-0.4, -0.2) is 21.8 Å². The maximum Gasteiger partial charge on any atom is 0.256 e. The van der Waals surface area contributed by atoms with Crippen molar-refractivity contribution in [1.82, 2.24) is 4.98 Å². The van der Waals surface area contributed by atoms with Gasteiger partial charge in [-0.15, -0.1) is 0 Å². The van der Waals surface area contributed by atoms with E-state index in [1.54, 1.807) is 11.8 Å². The molecule has 2 aromatic rings. The standard InChI is InChI=1S/C13H15N3O2S/c14-11(16-17)7-13(5-6-13)8-19-12-15-9-3-1-2-4-10(9)18-12/h1-4,17H,5-8H2,(H2,14,16). The number of aromatic nitrogens is 1. The highest BCUT2D eigenvalue weighted by molar-refractivity contribution is 7.99. The first-order chi connectivity index (χ1) is 9.21. The summed E-state index contributed by atoms with van der Waals surface area (Å²) in [6.45, 7) is 0. The molecule has 0 amide bonds. The molecule has 0 radical (unpaired) electrons. The fourth-order valence-corrected chi connectivity index (χ4v) is 3.23. The van der Waals surface area contributed by atoms with E-state index < -0.39 is 0 Å². The van der Waals surface area contributed by atoms with Crippen molar-refractivity contribution in [3.8, 4) is 0 Å². The van der Waals surface area contributed by atoms with E-state index in [9.17, 15) is 0 Å². The third-order valence-electron chi connectivity index (χ3n) is 3.42. The predicted octanol–water partition coefficient (Wildman–Crippen LogP) is 2.84. The van der Waals surface area contributed by atoms with Gasteiger partial charge in [-0.05, 0) is 30.4 Å². The van der Waals surface area contributed by atoms with E-state index in [2.05, 4.69) is 10.1 Å². The third kappa shape index (κ3) is 2.68. The normalized spacial score (nSPS) is 17.8. The molecule has 3 rings (SSSR count). The number of hydrogen-bond acceptors (Lipinski definition) is 5. The van der Waals surface area contributed by atoms with Crippen molar-refractivity contribution in [2.45, 2.75) is 24.5 Å². The van der Waals surface area contributed by atoms with Gasteiger partial charge in [0.2, 0.25) is 0 Å². The minimum atomic E-state index is 0.154. The molecule has 3 N–H and O–H groups in total. The maximum atomic E-state index is 8.63. The van der Waals surface area contributed by atoms with Gasteiger partial charge in [-0.2, -0.15) is 0 Å². The molecule has 0 saturated heterocycles. The van der Waals surface area contributed by atoms with Gasteiger partial charge >= 0.3 is 0 Å². The van der Waals surface area contributed by atoms with Gasteiger partial charge in [0.05, 0.1) is 0 Å². The van der Waals surface area contributed by atoms with Crippen LogP contribution in [-0.2, 0) is 0 Å². The van der Waals surface area contributed by atoms with Gasteiger partial charge in [0.25, 0.3) is 5.22 Å². The summed E-state index contributed by atoms with van der Waals surface area (Å²) >= 11 is 1.60. The van der Waals surface area contributed by atoms with Crippen LogP contribution >= 0.6 is 11.8 Å². The molecule has 1 fully saturated rings. The number of rotatable bonds is 5. The first-order valence-electron chi connectivity index (χ1n) is 6.16. The molecule has 0 spiro atoms. The highest BCUT2D eigenvalue weighted by Gasteiger charge is 2.43. The Morgan fingerprint density at radius 2 is 2.26 bits per heavy atom. The van der Waals surface area contributed by atoms with Crippen LogP contribution in [0.25, 0.3) is 11.1 Å². The third-order valence-corrected chi connectivity index (χ3v) is 4.60. The summed E-state index contributed by atoms with van der Waals surface area (Å²) in [6.07, 6.45) is 2.85. The van der Waals surface area contributed by atoms with Crippen LogP contribution < -0.4 is 5.73 Å². The van der Waals surface area contributed by atoms with Gasteiger partial charge < -0.3 is 15.4 Å². The van der Waals surface area contributed by atoms with Crippen LogP contribution in [0.4, 0.5) is 0 Å². The molecule has 1 heterocycles. The van der Waals surface area contributed by atoms with Crippen molar-refractivity contribution >= 4 is 28.7 Å². The zero-order chi connectivity index (χ0) is 13.3. The van der Waals surface area contributed by atoms with Crippen molar-refractivity contribution in [1.29, 1.82) is 0 Å². The highest BCUT2D eigenvalue weighted by atomic mass is 32.2. The molecule has 0 atom stereocenters. The molecular weight excluding hydrogens is 262 g/mol. The average Bonchev–Trinajstić information content (AvgIpc) is 3.05. The zero-order valence-electron chi connectivity index (χ0n) is 10.4. The van der Waals surface area contributed by atoms with E-state index in [0.717, 1.165) is 29.7 Å². The van der Waals surface area contributed by atoms with Gasteiger partial charge in [-0.25, -0.2) is 4.98 Å². The Bertz CT molecular complexity index is 586. The van der Waals surface area contributed by atoms with E-state index in [4.69, 9.17) is 15.4 Å². The summed E-state index contributed by atoms with van der Waals surface area (Å²) in [5.74, 6) is 1.19. The zero-order valence-corrected chi connectivity index (χ0v) is 11.2. The van der Waals surface area contributed by atoms with Gasteiger partial charge in [0.15, 0.2) is 5.58 Å². The smallest absolute Gasteiger partial charge is 0.256 e. The first-order valence-corrected chi connectivity index (χ1v) is 7.14. The van der Waals surface area contributed by atoms with Crippen LogP contribution in [0, 0.1) is 5.41 Å². The number of fused-ring (bicyclic) bond motifs is 1. The van der Waals surface area contributed by atoms with Crippen molar-refractivity contribution in [2.24, 2.45) is 16.3 Å². The average molecular weight is 277 g/mol. The summed E-state index contributed by atoms with van der Waals surface area (Å²) in [4.78, 5) is 4.43. The van der Waals surface area contributed by atoms with Crippen LogP contribution in [0.2, 0.25) is 0 Å². The Hall–Kier alpha value is -1.69. The number of nitrogens with two attached hydrogens (primary N) is 1. The summed E-state index contributed by atoms with van der Waals surface area (Å²) in [5, 5.41) is 12.4. The Balaban J connectivity index is 1.66. The van der Waals surface area contributed by atoms with Crippen LogP contribution in [0.1, 0.15) is 19.3 Å². The fraction of sp³-hybridized carbons (Fsp3) is 0.385. The number of para-hydroxylation sites is 2. The monoisotopic (exact) mass is 277 g/mol. The number of nitrogens with zero attached hydrogens (tertiary/aromatic N) is 2. The number of hydrogen-bond donors (Lipinski definition) is 2. The van der Waals surface area contributed by atoms with Crippen LogP contribution in [0.3, 0.4) is 0 Å². The lowest BCUT2D eigenvalue weighted by molar-refractivity contribution is 0.315. The van der Waals surface area contributed by atoms with Gasteiger partial charge in [0, 0.05) is 12.2 Å². The minimum Gasteiger partial charge on any atom is -0.431 e. The molecule has 6 heteroatoms. The maximum absolute atomic E-state index is 8.63. The van der Waals surface area contributed by atoms with Crippen LogP contribution in [0.5, 0.6) is 0 Å². The topological polar surface area (TPSA) is 84.6 Å². The van der Waals surface area contributed by atoms with E-state index >= 15 is 0 Å². The Morgan fingerprint density at radius 1 is 1.47 bits per heavy atom. The predicted molar refractivity (Wildman–Crippen MR) is 74.4 cm³/mol. The largest absolute Gasteiger partial charge is 0.431 e. The highest BCUT2D eigenvalue weighted by Crippen LogP contribution is 2.51. The molecule has 1 aromatic carbocycles. The second-order valence-electron chi connectivity index (χ2n) is 5.00. The lowest BCUT2D eigenvalue weighted by Crippen LogP contribution is -2.19. The van der Waals surface area contributed by atoms with Crippen molar-refractivity contribution in [3.05, 3.63) is 24.3 Å². The Kier molecular flexibility index (Phi) is 3.10. The summed E-state index contributed by atoms with van der Waals surface area (Å²) < 4.78 is 5.66. The molecule has 1 saturated carbocycles. The molecule has 1 aromatic heterocycles. The molecule has 100 valence electrons. The molecule has 1 aliphatic rings.